The zero-order chi connectivity index (χ0) is 16.1. The maximum atomic E-state index is 13.6. The fourth-order valence-corrected chi connectivity index (χ4v) is 2.32. The van der Waals surface area contributed by atoms with E-state index in [1.54, 1.807) is 0 Å². The van der Waals surface area contributed by atoms with Gasteiger partial charge >= 0.3 is 6.09 Å². The topological polar surface area (TPSA) is 59.1 Å². The summed E-state index contributed by atoms with van der Waals surface area (Å²) in [7, 11) is 2.75. The molecule has 0 N–H and O–H groups in total. The normalized spacial score (nSPS) is 20.8. The molecule has 0 radical (unpaired) electrons. The minimum Gasteiger partial charge on any atom is -0.445 e. The van der Waals surface area contributed by atoms with Crippen molar-refractivity contribution < 1.29 is 23.6 Å². The summed E-state index contributed by atoms with van der Waals surface area (Å²) in [5.41, 5.74) is 0.823. The van der Waals surface area contributed by atoms with E-state index >= 15 is 0 Å². The second kappa shape index (κ2) is 7.22. The van der Waals surface area contributed by atoms with Crippen LogP contribution in [0.15, 0.2) is 30.3 Å². The zero-order valence-electron chi connectivity index (χ0n) is 12.6. The molecular weight excluding hydrogens is 291 g/mol. The van der Waals surface area contributed by atoms with Crippen molar-refractivity contribution in [2.75, 3.05) is 20.7 Å². The zero-order valence-corrected chi connectivity index (χ0v) is 12.6. The number of carbonyl (C=O) groups is 2. The number of hydroxylamine groups is 2. The smallest absolute Gasteiger partial charge is 0.410 e. The number of benzene rings is 1. The summed E-state index contributed by atoms with van der Waals surface area (Å²) >= 11 is 0. The van der Waals surface area contributed by atoms with Crippen molar-refractivity contribution in [3.8, 4) is 0 Å². The van der Waals surface area contributed by atoms with Gasteiger partial charge in [-0.2, -0.15) is 0 Å². The van der Waals surface area contributed by atoms with Gasteiger partial charge in [-0.25, -0.2) is 14.2 Å². The summed E-state index contributed by atoms with van der Waals surface area (Å²) in [6.45, 7) is -0.0737. The van der Waals surface area contributed by atoms with Crippen molar-refractivity contribution in [1.82, 2.24) is 9.96 Å². The molecular formula is C15H19FN2O4. The molecule has 22 heavy (non-hydrogen) atoms. The molecule has 120 valence electrons. The number of likely N-dealkylation sites (tertiary alicyclic amines) is 1. The predicted octanol–water partition coefficient (Wildman–Crippen LogP) is 1.76. The van der Waals surface area contributed by atoms with Crippen LogP contribution in [0.4, 0.5) is 9.18 Å². The van der Waals surface area contributed by atoms with Crippen LogP contribution in [0, 0.1) is 0 Å². The lowest BCUT2D eigenvalue weighted by Gasteiger charge is -2.25. The van der Waals surface area contributed by atoms with E-state index in [2.05, 4.69) is 0 Å². The van der Waals surface area contributed by atoms with E-state index in [-0.39, 0.29) is 19.6 Å². The van der Waals surface area contributed by atoms with Gasteiger partial charge < -0.3 is 4.74 Å². The molecule has 1 fully saturated rings. The second-order valence-corrected chi connectivity index (χ2v) is 5.06. The van der Waals surface area contributed by atoms with Crippen LogP contribution in [0.3, 0.4) is 0 Å². The Bertz CT molecular complexity index is 526. The number of likely N-dealkylation sites (N-methyl/N-ethyl adjacent to an activating group) is 1. The van der Waals surface area contributed by atoms with Crippen LogP contribution >= 0.6 is 0 Å². The van der Waals surface area contributed by atoms with Crippen molar-refractivity contribution in [1.29, 1.82) is 0 Å². The number of amides is 2. The third kappa shape index (κ3) is 3.73. The first kappa shape index (κ1) is 16.2. The van der Waals surface area contributed by atoms with E-state index in [1.165, 1.54) is 14.2 Å². The van der Waals surface area contributed by atoms with E-state index in [0.717, 1.165) is 15.5 Å². The van der Waals surface area contributed by atoms with Crippen molar-refractivity contribution in [2.24, 2.45) is 0 Å². The Balaban J connectivity index is 1.98. The molecule has 0 spiro atoms. The third-order valence-corrected chi connectivity index (χ3v) is 3.56. The molecule has 0 aromatic heterocycles. The summed E-state index contributed by atoms with van der Waals surface area (Å²) in [5.74, 6) is -0.473. The Morgan fingerprint density at radius 3 is 2.68 bits per heavy atom. The molecule has 0 aliphatic carbocycles. The van der Waals surface area contributed by atoms with E-state index in [1.807, 2.05) is 30.3 Å². The second-order valence-electron chi connectivity index (χ2n) is 5.06. The molecule has 1 saturated heterocycles. The molecule has 1 aliphatic heterocycles. The highest BCUT2D eigenvalue weighted by Crippen LogP contribution is 2.23. The summed E-state index contributed by atoms with van der Waals surface area (Å²) in [5, 5.41) is 0.986. The predicted molar refractivity (Wildman–Crippen MR) is 76.4 cm³/mol. The molecule has 0 unspecified atom stereocenters. The number of alkyl halides is 1. The van der Waals surface area contributed by atoms with E-state index in [0.29, 0.717) is 0 Å². The average Bonchev–Trinajstić information content (AvgIpc) is 2.94. The Kier molecular flexibility index (Phi) is 5.32. The van der Waals surface area contributed by atoms with Crippen molar-refractivity contribution in [3.05, 3.63) is 35.9 Å². The van der Waals surface area contributed by atoms with Crippen LogP contribution in [-0.4, -0.2) is 54.9 Å². The Morgan fingerprint density at radius 1 is 1.36 bits per heavy atom. The number of ether oxygens (including phenoxy) is 1. The molecule has 2 amide bonds. The van der Waals surface area contributed by atoms with Gasteiger partial charge in [-0.1, -0.05) is 30.3 Å². The molecule has 2 atom stereocenters. The van der Waals surface area contributed by atoms with Crippen molar-refractivity contribution in [3.63, 3.8) is 0 Å². The van der Waals surface area contributed by atoms with Gasteiger partial charge in [0.15, 0.2) is 0 Å². The van der Waals surface area contributed by atoms with Gasteiger partial charge in [0.25, 0.3) is 5.91 Å². The van der Waals surface area contributed by atoms with Crippen LogP contribution in [0.5, 0.6) is 0 Å². The molecule has 0 saturated carbocycles. The molecule has 2 rings (SSSR count). The van der Waals surface area contributed by atoms with Crippen LogP contribution in [-0.2, 0) is 21.0 Å². The van der Waals surface area contributed by atoms with Gasteiger partial charge in [0.2, 0.25) is 0 Å². The minimum atomic E-state index is -1.25. The molecule has 1 aliphatic rings. The molecule has 1 aromatic rings. The number of carbonyl (C=O) groups excluding carboxylic acids is 2. The van der Waals surface area contributed by atoms with E-state index < -0.39 is 24.2 Å². The molecule has 1 heterocycles. The Morgan fingerprint density at radius 2 is 2.05 bits per heavy atom. The average molecular weight is 310 g/mol. The quantitative estimate of drug-likeness (QED) is 0.795. The van der Waals surface area contributed by atoms with Crippen LogP contribution in [0.2, 0.25) is 0 Å². The molecule has 6 nitrogen and oxygen atoms in total. The van der Waals surface area contributed by atoms with Gasteiger partial charge in [0, 0.05) is 13.5 Å². The van der Waals surface area contributed by atoms with Gasteiger partial charge in [0.1, 0.15) is 18.8 Å². The maximum absolute atomic E-state index is 13.6. The third-order valence-electron chi connectivity index (χ3n) is 3.56. The lowest BCUT2D eigenvalue weighted by Crippen LogP contribution is -2.46. The summed E-state index contributed by atoms with van der Waals surface area (Å²) in [4.78, 5) is 30.1. The van der Waals surface area contributed by atoms with Crippen molar-refractivity contribution in [2.45, 2.75) is 25.2 Å². The number of hydrogen-bond donors (Lipinski definition) is 0. The fraction of sp³-hybridized carbons (Fsp3) is 0.467. The van der Waals surface area contributed by atoms with Crippen LogP contribution in [0.1, 0.15) is 12.0 Å². The summed E-state index contributed by atoms with van der Waals surface area (Å²) in [6, 6.07) is 8.25. The highest BCUT2D eigenvalue weighted by Gasteiger charge is 2.42. The number of hydrogen-bond acceptors (Lipinski definition) is 4. The lowest BCUT2D eigenvalue weighted by atomic mass is 10.2. The monoisotopic (exact) mass is 310 g/mol. The van der Waals surface area contributed by atoms with Crippen LogP contribution in [0.25, 0.3) is 0 Å². The molecule has 1 aromatic carbocycles. The first-order chi connectivity index (χ1) is 10.5. The van der Waals surface area contributed by atoms with E-state index in [9.17, 15) is 14.0 Å². The van der Waals surface area contributed by atoms with Gasteiger partial charge in [-0.3, -0.25) is 14.5 Å². The van der Waals surface area contributed by atoms with Gasteiger partial charge in [-0.15, -0.1) is 0 Å². The lowest BCUT2D eigenvalue weighted by molar-refractivity contribution is -0.173. The maximum Gasteiger partial charge on any atom is 0.410 e. The SMILES string of the molecule is CON(C)C(=O)[C@@H]1C[C@H](F)CN1C(=O)OCc1ccccc1. The highest BCUT2D eigenvalue weighted by molar-refractivity contribution is 5.85. The number of nitrogens with zero attached hydrogens (tertiary/aromatic N) is 2. The Labute approximate surface area is 128 Å². The van der Waals surface area contributed by atoms with Gasteiger partial charge in [0.05, 0.1) is 13.7 Å². The largest absolute Gasteiger partial charge is 0.445 e. The fourth-order valence-electron chi connectivity index (χ4n) is 2.32. The Hall–Kier alpha value is -2.15. The van der Waals surface area contributed by atoms with E-state index in [4.69, 9.17) is 9.57 Å². The van der Waals surface area contributed by atoms with Gasteiger partial charge in [-0.05, 0) is 5.56 Å². The summed E-state index contributed by atoms with van der Waals surface area (Å²) < 4.78 is 18.8. The van der Waals surface area contributed by atoms with Crippen molar-refractivity contribution >= 4 is 12.0 Å². The first-order valence-electron chi connectivity index (χ1n) is 6.96. The standard InChI is InChI=1S/C15H19FN2O4/c1-17(21-2)14(19)13-8-12(16)9-18(13)15(20)22-10-11-6-4-3-5-7-11/h3-7,12-13H,8-10H2,1-2H3/t12-,13-/m0/s1. The summed E-state index contributed by atoms with van der Waals surface area (Å²) in [6.07, 6.45) is -2.00. The minimum absolute atomic E-state index is 0.0486. The van der Waals surface area contributed by atoms with Crippen LogP contribution < -0.4 is 0 Å². The highest BCUT2D eigenvalue weighted by atomic mass is 19.1. The molecule has 7 heteroatoms. The number of halogens is 1. The first-order valence-corrected chi connectivity index (χ1v) is 6.96. The number of rotatable bonds is 4. The molecule has 0 bridgehead atoms.